The second kappa shape index (κ2) is 10.6. The highest BCUT2D eigenvalue weighted by Gasteiger charge is 2.32. The van der Waals surface area contributed by atoms with Gasteiger partial charge in [0.25, 0.3) is 5.91 Å². The van der Waals surface area contributed by atoms with Crippen LogP contribution in [0.2, 0.25) is 0 Å². The number of thiocarbonyl (C=S) groups is 1. The van der Waals surface area contributed by atoms with Gasteiger partial charge in [0.15, 0.2) is 0 Å². The fraction of sp³-hybridized carbons (Fsp3) is 0.345. The normalized spacial score (nSPS) is 18.0. The van der Waals surface area contributed by atoms with E-state index in [9.17, 15) is 4.79 Å². The van der Waals surface area contributed by atoms with Gasteiger partial charge in [-0.3, -0.25) is 9.69 Å². The van der Waals surface area contributed by atoms with Gasteiger partial charge in [0, 0.05) is 30.6 Å². The number of carbonyl (C=O) groups excluding carboxylic acids is 1. The van der Waals surface area contributed by atoms with Gasteiger partial charge < -0.3 is 9.64 Å². The molecule has 2 aromatic carbocycles. The van der Waals surface area contributed by atoms with Crippen LogP contribution in [0.3, 0.4) is 0 Å². The molecule has 0 N–H and O–H groups in total. The molecule has 5 rings (SSSR count). The van der Waals surface area contributed by atoms with E-state index in [1.54, 1.807) is 12.0 Å². The van der Waals surface area contributed by atoms with Crippen LogP contribution < -0.4 is 9.64 Å². The Bertz CT molecular complexity index is 1330. The summed E-state index contributed by atoms with van der Waals surface area (Å²) in [6.45, 7) is 6.92. The molecule has 0 aliphatic carbocycles. The van der Waals surface area contributed by atoms with Crippen LogP contribution in [0.4, 0.5) is 5.82 Å². The Balaban J connectivity index is 1.42. The smallest absolute Gasteiger partial charge is 0.266 e. The topological polar surface area (TPSA) is 45.7 Å². The summed E-state index contributed by atoms with van der Waals surface area (Å²) in [5.41, 5.74) is 4.31. The van der Waals surface area contributed by atoms with E-state index in [4.69, 9.17) is 21.9 Å². The summed E-state index contributed by atoms with van der Waals surface area (Å²) >= 11 is 7.00. The summed E-state index contributed by atoms with van der Waals surface area (Å²) < 4.78 is 5.85. The van der Waals surface area contributed by atoms with E-state index < -0.39 is 0 Å². The molecule has 0 spiro atoms. The molecule has 5 nitrogen and oxygen atoms in total. The molecule has 3 aromatic rings. The Morgan fingerprint density at radius 2 is 1.89 bits per heavy atom. The van der Waals surface area contributed by atoms with Crippen LogP contribution in [0.1, 0.15) is 36.5 Å². The minimum absolute atomic E-state index is 0.0268. The van der Waals surface area contributed by atoms with E-state index >= 15 is 0 Å². The second-order valence-electron chi connectivity index (χ2n) is 9.70. The van der Waals surface area contributed by atoms with Gasteiger partial charge in [-0.25, -0.2) is 4.98 Å². The van der Waals surface area contributed by atoms with Crippen LogP contribution in [-0.2, 0) is 11.2 Å². The highest BCUT2D eigenvalue weighted by Crippen LogP contribution is 2.36. The zero-order valence-electron chi connectivity index (χ0n) is 21.0. The predicted molar refractivity (Wildman–Crippen MR) is 154 cm³/mol. The molecule has 0 unspecified atom stereocenters. The summed E-state index contributed by atoms with van der Waals surface area (Å²) in [6, 6.07) is 16.5. The van der Waals surface area contributed by atoms with Crippen molar-refractivity contribution in [2.75, 3.05) is 31.6 Å². The molecule has 0 saturated carbocycles. The van der Waals surface area contributed by atoms with Crippen molar-refractivity contribution in [2.45, 2.75) is 33.1 Å². The molecule has 2 aliphatic heterocycles. The Morgan fingerprint density at radius 1 is 1.14 bits per heavy atom. The number of benzene rings is 2. The number of aryl methyl sites for hydroxylation is 1. The number of anilines is 1. The summed E-state index contributed by atoms with van der Waals surface area (Å²) in [4.78, 5) is 23.2. The van der Waals surface area contributed by atoms with Gasteiger partial charge >= 0.3 is 0 Å². The van der Waals surface area contributed by atoms with Gasteiger partial charge in [-0.15, -0.1) is 0 Å². The van der Waals surface area contributed by atoms with Crippen molar-refractivity contribution in [2.24, 2.45) is 5.92 Å². The molecule has 186 valence electrons. The van der Waals surface area contributed by atoms with Crippen LogP contribution in [-0.4, -0.2) is 46.9 Å². The molecule has 0 atom stereocenters. The van der Waals surface area contributed by atoms with Crippen molar-refractivity contribution in [1.82, 2.24) is 9.88 Å². The number of carbonyl (C=O) groups is 1. The van der Waals surface area contributed by atoms with Crippen LogP contribution in [0.15, 0.2) is 53.4 Å². The van der Waals surface area contributed by atoms with Crippen molar-refractivity contribution < 1.29 is 9.53 Å². The van der Waals surface area contributed by atoms with Crippen molar-refractivity contribution in [3.05, 3.63) is 70.1 Å². The molecule has 2 saturated heterocycles. The largest absolute Gasteiger partial charge is 0.497 e. The third kappa shape index (κ3) is 5.27. The third-order valence-corrected chi connectivity index (χ3v) is 8.38. The van der Waals surface area contributed by atoms with Crippen LogP contribution in [0.5, 0.6) is 5.75 Å². The Labute approximate surface area is 222 Å². The second-order valence-corrected chi connectivity index (χ2v) is 11.4. The molecule has 0 radical (unpaired) electrons. The maximum Gasteiger partial charge on any atom is 0.266 e. The molecule has 1 aromatic heterocycles. The minimum Gasteiger partial charge on any atom is -0.497 e. The quantitative estimate of drug-likeness (QED) is 0.285. The molecular formula is C29H31N3O2S2. The first kappa shape index (κ1) is 24.8. The zero-order chi connectivity index (χ0) is 25.2. The summed E-state index contributed by atoms with van der Waals surface area (Å²) in [5, 5.41) is 1.09. The molecule has 36 heavy (non-hydrogen) atoms. The molecule has 7 heteroatoms. The van der Waals surface area contributed by atoms with Gasteiger partial charge in [-0.05, 0) is 74.1 Å². The van der Waals surface area contributed by atoms with Gasteiger partial charge in [0.2, 0.25) is 0 Å². The SMILES string of the molecule is COc1ccc(CCN2C(=O)/C(=C/c3cc4cc(C)ccc4nc3N3CCC(C)CC3)SC2=S)cc1. The number of hydrogen-bond acceptors (Lipinski definition) is 6. The van der Waals surface area contributed by atoms with Crippen molar-refractivity contribution in [1.29, 1.82) is 0 Å². The van der Waals surface area contributed by atoms with E-state index in [-0.39, 0.29) is 5.91 Å². The summed E-state index contributed by atoms with van der Waals surface area (Å²) in [7, 11) is 1.66. The lowest BCUT2D eigenvalue weighted by molar-refractivity contribution is -0.122. The van der Waals surface area contributed by atoms with E-state index in [1.807, 2.05) is 30.3 Å². The van der Waals surface area contributed by atoms with E-state index in [0.717, 1.165) is 71.9 Å². The maximum atomic E-state index is 13.4. The van der Waals surface area contributed by atoms with E-state index in [2.05, 4.69) is 43.0 Å². The Morgan fingerprint density at radius 3 is 2.61 bits per heavy atom. The number of pyridine rings is 1. The van der Waals surface area contributed by atoms with E-state index in [0.29, 0.717) is 15.8 Å². The summed E-state index contributed by atoms with van der Waals surface area (Å²) in [5.74, 6) is 2.49. The number of nitrogens with zero attached hydrogens (tertiary/aromatic N) is 3. The number of piperidine rings is 1. The lowest BCUT2D eigenvalue weighted by Gasteiger charge is -2.32. The molecule has 0 bridgehead atoms. The average molecular weight is 518 g/mol. The number of hydrogen-bond donors (Lipinski definition) is 0. The fourth-order valence-electron chi connectivity index (χ4n) is 4.75. The number of aromatic nitrogens is 1. The Hall–Kier alpha value is -2.90. The zero-order valence-corrected chi connectivity index (χ0v) is 22.6. The number of methoxy groups -OCH3 is 1. The molecule has 1 amide bonds. The average Bonchev–Trinajstić information content (AvgIpc) is 3.15. The standard InChI is InChI=1S/C29H31N3O2S2/c1-19-10-13-31(14-11-19)27-23(17-22-16-20(2)4-9-25(22)30-27)18-26-28(33)32(29(35)36-26)15-12-21-5-7-24(34-3)8-6-21/h4-9,16-19H,10-15H2,1-3H3/b26-18-. The predicted octanol–water partition coefficient (Wildman–Crippen LogP) is 6.23. The third-order valence-electron chi connectivity index (χ3n) is 7.01. The summed E-state index contributed by atoms with van der Waals surface area (Å²) in [6.07, 6.45) is 5.04. The minimum atomic E-state index is -0.0268. The lowest BCUT2D eigenvalue weighted by atomic mass is 9.98. The van der Waals surface area contributed by atoms with Crippen LogP contribution in [0, 0.1) is 12.8 Å². The van der Waals surface area contributed by atoms with Gasteiger partial charge in [0.05, 0.1) is 17.5 Å². The number of ether oxygens (including phenoxy) is 1. The van der Waals surface area contributed by atoms with Crippen LogP contribution >= 0.6 is 24.0 Å². The highest BCUT2D eigenvalue weighted by atomic mass is 32.2. The number of fused-ring (bicyclic) bond motifs is 1. The van der Waals surface area contributed by atoms with Crippen molar-refractivity contribution >= 4 is 57.0 Å². The lowest BCUT2D eigenvalue weighted by Crippen LogP contribution is -2.34. The van der Waals surface area contributed by atoms with Crippen molar-refractivity contribution in [3.8, 4) is 5.75 Å². The first-order valence-corrected chi connectivity index (χ1v) is 13.7. The van der Waals surface area contributed by atoms with Crippen molar-refractivity contribution in [3.63, 3.8) is 0 Å². The van der Waals surface area contributed by atoms with E-state index in [1.165, 1.54) is 17.3 Å². The van der Waals surface area contributed by atoms with Gasteiger partial charge in [0.1, 0.15) is 15.9 Å². The Kier molecular flexibility index (Phi) is 7.30. The number of amides is 1. The molecule has 3 heterocycles. The van der Waals surface area contributed by atoms with Gasteiger partial charge in [-0.2, -0.15) is 0 Å². The monoisotopic (exact) mass is 517 g/mol. The first-order chi connectivity index (χ1) is 17.4. The molecule has 2 aliphatic rings. The number of rotatable bonds is 6. The first-order valence-electron chi connectivity index (χ1n) is 12.5. The molecule has 2 fully saturated rings. The van der Waals surface area contributed by atoms with Gasteiger partial charge in [-0.1, -0.05) is 54.7 Å². The maximum absolute atomic E-state index is 13.4. The fourth-order valence-corrected chi connectivity index (χ4v) is 6.05. The molecular weight excluding hydrogens is 486 g/mol. The highest BCUT2D eigenvalue weighted by molar-refractivity contribution is 8.26. The number of thioether (sulfide) groups is 1. The van der Waals surface area contributed by atoms with Crippen LogP contribution in [0.25, 0.3) is 17.0 Å².